The van der Waals surface area contributed by atoms with Crippen LogP contribution in [0.5, 0.6) is 5.75 Å². The standard InChI is InChI=1S/C15H17BFNO.CH4/c1-16(2)14-6-5-13(10-15(14)17)19-9-7-12-4-3-8-18-11-12;/h3-6,8,10-11H,7,9H2,1-2H3;1H4. The first-order valence-corrected chi connectivity index (χ1v) is 6.48. The van der Waals surface area contributed by atoms with Crippen LogP contribution in [0.3, 0.4) is 0 Å². The second kappa shape index (κ2) is 7.68. The summed E-state index contributed by atoms with van der Waals surface area (Å²) < 4.78 is 19.3. The minimum atomic E-state index is -0.200. The molecule has 0 aliphatic carbocycles. The van der Waals surface area contributed by atoms with Crippen LogP contribution in [-0.2, 0) is 6.42 Å². The number of aromatic nitrogens is 1. The molecule has 0 aliphatic rings. The quantitative estimate of drug-likeness (QED) is 0.778. The number of nitrogens with zero attached hydrogens (tertiary/aromatic N) is 1. The average molecular weight is 273 g/mol. The van der Waals surface area contributed by atoms with Gasteiger partial charge in [0.05, 0.1) is 6.61 Å². The molecule has 1 aromatic heterocycles. The lowest BCUT2D eigenvalue weighted by atomic mass is 9.49. The highest BCUT2D eigenvalue weighted by Gasteiger charge is 2.10. The average Bonchev–Trinajstić information content (AvgIpc) is 2.39. The first-order chi connectivity index (χ1) is 9.16. The summed E-state index contributed by atoms with van der Waals surface area (Å²) in [6.45, 7) is 4.65. The Morgan fingerprint density at radius 1 is 1.25 bits per heavy atom. The van der Waals surface area contributed by atoms with E-state index in [0.29, 0.717) is 12.4 Å². The Bertz CT molecular complexity index is 531. The normalized spacial score (nSPS) is 9.75. The van der Waals surface area contributed by atoms with Crippen molar-refractivity contribution in [3.63, 3.8) is 0 Å². The number of pyridine rings is 1. The molecule has 0 N–H and O–H groups in total. The van der Waals surface area contributed by atoms with Crippen molar-refractivity contribution in [1.82, 2.24) is 4.98 Å². The first kappa shape index (κ1) is 16.2. The van der Waals surface area contributed by atoms with Crippen LogP contribution in [0.25, 0.3) is 0 Å². The lowest BCUT2D eigenvalue weighted by Gasteiger charge is -2.09. The maximum Gasteiger partial charge on any atom is 0.173 e. The molecule has 0 fully saturated rings. The Morgan fingerprint density at radius 3 is 2.65 bits per heavy atom. The SMILES string of the molecule is C.CB(C)c1ccc(OCCc2cccnc2)cc1F. The van der Waals surface area contributed by atoms with Crippen molar-refractivity contribution in [2.75, 3.05) is 6.61 Å². The molecule has 20 heavy (non-hydrogen) atoms. The predicted molar refractivity (Wildman–Crippen MR) is 83.7 cm³/mol. The van der Waals surface area contributed by atoms with Gasteiger partial charge in [0.15, 0.2) is 6.71 Å². The molecule has 0 atom stereocenters. The fourth-order valence-electron chi connectivity index (χ4n) is 1.90. The molecule has 1 heterocycles. The van der Waals surface area contributed by atoms with E-state index in [1.54, 1.807) is 12.3 Å². The number of rotatable bonds is 5. The fraction of sp³-hybridized carbons (Fsp3) is 0.312. The molecule has 4 heteroatoms. The summed E-state index contributed by atoms with van der Waals surface area (Å²) in [7, 11) is 0. The van der Waals surface area contributed by atoms with Crippen LogP contribution in [0.15, 0.2) is 42.7 Å². The molecule has 0 aliphatic heterocycles. The highest BCUT2D eigenvalue weighted by Crippen LogP contribution is 2.12. The van der Waals surface area contributed by atoms with Crippen LogP contribution in [-0.4, -0.2) is 18.3 Å². The molecule has 0 radical (unpaired) electrons. The zero-order valence-corrected chi connectivity index (χ0v) is 11.3. The lowest BCUT2D eigenvalue weighted by Crippen LogP contribution is -2.25. The number of ether oxygens (including phenoxy) is 1. The zero-order valence-electron chi connectivity index (χ0n) is 11.3. The summed E-state index contributed by atoms with van der Waals surface area (Å²) in [4.78, 5) is 4.04. The van der Waals surface area contributed by atoms with Crippen molar-refractivity contribution >= 4 is 12.2 Å². The van der Waals surface area contributed by atoms with Crippen molar-refractivity contribution in [2.45, 2.75) is 27.5 Å². The van der Waals surface area contributed by atoms with Crippen LogP contribution >= 0.6 is 0 Å². The predicted octanol–water partition coefficient (Wildman–Crippen LogP) is 3.44. The van der Waals surface area contributed by atoms with E-state index in [4.69, 9.17) is 4.74 Å². The summed E-state index contributed by atoms with van der Waals surface area (Å²) >= 11 is 0. The first-order valence-electron chi connectivity index (χ1n) is 6.48. The minimum absolute atomic E-state index is 0. The van der Waals surface area contributed by atoms with Crippen LogP contribution in [0.1, 0.15) is 13.0 Å². The van der Waals surface area contributed by atoms with Crippen LogP contribution in [0, 0.1) is 5.82 Å². The highest BCUT2D eigenvalue weighted by atomic mass is 19.1. The lowest BCUT2D eigenvalue weighted by molar-refractivity contribution is 0.320. The van der Waals surface area contributed by atoms with Gasteiger partial charge in [0.1, 0.15) is 11.6 Å². The Hall–Kier alpha value is -1.84. The van der Waals surface area contributed by atoms with E-state index < -0.39 is 0 Å². The Morgan fingerprint density at radius 2 is 2.05 bits per heavy atom. The zero-order chi connectivity index (χ0) is 13.7. The maximum atomic E-state index is 13.8. The highest BCUT2D eigenvalue weighted by molar-refractivity contribution is 6.70. The number of hydrogen-bond acceptors (Lipinski definition) is 2. The number of halogens is 1. The smallest absolute Gasteiger partial charge is 0.173 e. The van der Waals surface area contributed by atoms with E-state index in [1.807, 2.05) is 38.0 Å². The topological polar surface area (TPSA) is 22.1 Å². The molecule has 0 bridgehead atoms. The van der Waals surface area contributed by atoms with Crippen molar-refractivity contribution in [2.24, 2.45) is 0 Å². The van der Waals surface area contributed by atoms with Crippen LogP contribution < -0.4 is 10.2 Å². The second-order valence-corrected chi connectivity index (χ2v) is 4.80. The molecule has 0 amide bonds. The van der Waals surface area contributed by atoms with E-state index in [2.05, 4.69) is 4.98 Å². The molecule has 0 unspecified atom stereocenters. The largest absolute Gasteiger partial charge is 0.493 e. The van der Waals surface area contributed by atoms with Crippen molar-refractivity contribution < 1.29 is 9.13 Å². The van der Waals surface area contributed by atoms with E-state index >= 15 is 0 Å². The summed E-state index contributed by atoms with van der Waals surface area (Å²) in [5.41, 5.74) is 1.83. The van der Waals surface area contributed by atoms with Crippen molar-refractivity contribution in [3.8, 4) is 5.75 Å². The van der Waals surface area contributed by atoms with Gasteiger partial charge in [-0.25, -0.2) is 4.39 Å². The molecule has 0 spiro atoms. The molecular formula is C16H21BFNO. The van der Waals surface area contributed by atoms with Gasteiger partial charge in [-0.2, -0.15) is 0 Å². The van der Waals surface area contributed by atoms with Crippen LogP contribution in [0.2, 0.25) is 13.6 Å². The molecule has 0 saturated heterocycles. The molecule has 2 aromatic rings. The van der Waals surface area contributed by atoms with Gasteiger partial charge in [-0.15, -0.1) is 0 Å². The van der Waals surface area contributed by atoms with Gasteiger partial charge in [0, 0.05) is 24.9 Å². The van der Waals surface area contributed by atoms with Gasteiger partial charge in [-0.1, -0.05) is 33.2 Å². The van der Waals surface area contributed by atoms with E-state index in [-0.39, 0.29) is 20.0 Å². The number of benzene rings is 1. The summed E-state index contributed by atoms with van der Waals surface area (Å²) in [5.74, 6) is 0.375. The second-order valence-electron chi connectivity index (χ2n) is 4.80. The third-order valence-electron chi connectivity index (χ3n) is 2.98. The number of hydrogen-bond donors (Lipinski definition) is 0. The van der Waals surface area contributed by atoms with E-state index in [0.717, 1.165) is 17.4 Å². The van der Waals surface area contributed by atoms with Crippen molar-refractivity contribution in [1.29, 1.82) is 0 Å². The molecule has 2 nitrogen and oxygen atoms in total. The van der Waals surface area contributed by atoms with Crippen molar-refractivity contribution in [3.05, 3.63) is 54.1 Å². The Labute approximate surface area is 121 Å². The third-order valence-corrected chi connectivity index (χ3v) is 2.98. The maximum absolute atomic E-state index is 13.8. The molecular weight excluding hydrogens is 252 g/mol. The minimum Gasteiger partial charge on any atom is -0.493 e. The van der Waals surface area contributed by atoms with Crippen LogP contribution in [0.4, 0.5) is 4.39 Å². The summed E-state index contributed by atoms with van der Waals surface area (Å²) in [6.07, 6.45) is 4.32. The molecule has 0 saturated carbocycles. The van der Waals surface area contributed by atoms with Gasteiger partial charge in [0.2, 0.25) is 0 Å². The molecule has 106 valence electrons. The third kappa shape index (κ3) is 4.37. The van der Waals surface area contributed by atoms with Gasteiger partial charge in [0.25, 0.3) is 0 Å². The van der Waals surface area contributed by atoms with Gasteiger partial charge >= 0.3 is 0 Å². The van der Waals surface area contributed by atoms with E-state index in [1.165, 1.54) is 6.07 Å². The van der Waals surface area contributed by atoms with Gasteiger partial charge in [-0.3, -0.25) is 4.98 Å². The van der Waals surface area contributed by atoms with E-state index in [9.17, 15) is 4.39 Å². The Balaban J connectivity index is 0.00000200. The Kier molecular flexibility index (Phi) is 6.23. The molecule has 2 rings (SSSR count). The summed E-state index contributed by atoms with van der Waals surface area (Å²) in [6, 6.07) is 8.96. The van der Waals surface area contributed by atoms with Gasteiger partial charge in [-0.05, 0) is 23.2 Å². The summed E-state index contributed by atoms with van der Waals surface area (Å²) in [5, 5.41) is 0. The van der Waals surface area contributed by atoms with Gasteiger partial charge < -0.3 is 4.74 Å². The monoisotopic (exact) mass is 273 g/mol. The molecule has 1 aromatic carbocycles. The fourth-order valence-corrected chi connectivity index (χ4v) is 1.90.